The molecule has 7 nitrogen and oxygen atoms in total. The first kappa shape index (κ1) is 13.8. The van der Waals surface area contributed by atoms with Gasteiger partial charge in [-0.15, -0.1) is 0 Å². The molecule has 2 aromatic heterocycles. The van der Waals surface area contributed by atoms with Crippen LogP contribution in [0.4, 0.5) is 5.82 Å². The fourth-order valence-electron chi connectivity index (χ4n) is 2.93. The molecule has 0 radical (unpaired) electrons. The molecule has 3 rings (SSSR count). The van der Waals surface area contributed by atoms with Gasteiger partial charge < -0.3 is 14.8 Å². The zero-order valence-corrected chi connectivity index (χ0v) is 12.4. The van der Waals surface area contributed by atoms with E-state index >= 15 is 0 Å². The predicted molar refractivity (Wildman–Crippen MR) is 80.0 cm³/mol. The van der Waals surface area contributed by atoms with Crippen molar-refractivity contribution in [1.82, 2.24) is 24.8 Å². The van der Waals surface area contributed by atoms with Gasteiger partial charge in [-0.3, -0.25) is 4.79 Å². The van der Waals surface area contributed by atoms with Crippen LogP contribution in [0.5, 0.6) is 0 Å². The Bertz CT molecular complexity index is 633. The summed E-state index contributed by atoms with van der Waals surface area (Å²) in [7, 11) is 3.76. The molecular weight excluding hydrogens is 268 g/mol. The number of amides is 1. The summed E-state index contributed by atoms with van der Waals surface area (Å²) in [5.41, 5.74) is 1.37. The van der Waals surface area contributed by atoms with E-state index in [1.54, 1.807) is 6.33 Å². The smallest absolute Gasteiger partial charge is 0.242 e. The monoisotopic (exact) mass is 288 g/mol. The van der Waals surface area contributed by atoms with Crippen molar-refractivity contribution in [2.45, 2.75) is 31.7 Å². The van der Waals surface area contributed by atoms with Gasteiger partial charge in [-0.05, 0) is 12.8 Å². The Morgan fingerprint density at radius 3 is 2.81 bits per heavy atom. The number of H-pyrrole nitrogens is 1. The number of likely N-dealkylation sites (N-methyl/N-ethyl adjacent to an activating group) is 2. The van der Waals surface area contributed by atoms with Crippen LogP contribution < -0.4 is 4.90 Å². The highest BCUT2D eigenvalue weighted by molar-refractivity contribution is 5.87. The number of hydrogen-bond donors (Lipinski definition) is 1. The number of rotatable bonds is 4. The van der Waals surface area contributed by atoms with Gasteiger partial charge in [0.1, 0.15) is 11.8 Å². The summed E-state index contributed by atoms with van der Waals surface area (Å²) in [4.78, 5) is 31.6. The van der Waals surface area contributed by atoms with Crippen LogP contribution in [-0.4, -0.2) is 57.4 Å². The summed E-state index contributed by atoms with van der Waals surface area (Å²) < 4.78 is 0. The van der Waals surface area contributed by atoms with E-state index in [-0.39, 0.29) is 5.91 Å². The maximum atomic E-state index is 12.4. The molecule has 1 saturated carbocycles. The maximum Gasteiger partial charge on any atom is 0.242 e. The number of fused-ring (bicyclic) bond motifs is 1. The number of imidazole rings is 1. The number of hydrogen-bond acceptors (Lipinski definition) is 5. The first-order valence-electron chi connectivity index (χ1n) is 7.27. The second-order valence-corrected chi connectivity index (χ2v) is 5.60. The minimum atomic E-state index is 0.121. The Kier molecular flexibility index (Phi) is 3.72. The highest BCUT2D eigenvalue weighted by atomic mass is 16.2. The highest BCUT2D eigenvalue weighted by Gasteiger charge is 2.24. The summed E-state index contributed by atoms with van der Waals surface area (Å²) in [5.74, 6) is 0.821. The molecule has 1 amide bonds. The third kappa shape index (κ3) is 2.68. The van der Waals surface area contributed by atoms with Crippen molar-refractivity contribution in [3.05, 3.63) is 12.7 Å². The normalized spacial score (nSPS) is 15.5. The van der Waals surface area contributed by atoms with Crippen LogP contribution >= 0.6 is 0 Å². The van der Waals surface area contributed by atoms with Crippen LogP contribution in [-0.2, 0) is 4.79 Å². The predicted octanol–water partition coefficient (Wildman–Crippen LogP) is 1.19. The number of aromatic amines is 1. The molecule has 0 atom stereocenters. The Morgan fingerprint density at radius 2 is 2.05 bits per heavy atom. The fraction of sp³-hybridized carbons (Fsp3) is 0.571. The van der Waals surface area contributed by atoms with Gasteiger partial charge >= 0.3 is 0 Å². The van der Waals surface area contributed by atoms with E-state index in [9.17, 15) is 4.79 Å². The third-order valence-electron chi connectivity index (χ3n) is 4.20. The molecule has 1 aliphatic rings. The van der Waals surface area contributed by atoms with Crippen molar-refractivity contribution in [1.29, 1.82) is 0 Å². The van der Waals surface area contributed by atoms with Gasteiger partial charge in [-0.2, -0.15) is 0 Å². The fourth-order valence-corrected chi connectivity index (χ4v) is 2.93. The quantitative estimate of drug-likeness (QED) is 0.914. The van der Waals surface area contributed by atoms with Crippen LogP contribution in [0.15, 0.2) is 12.7 Å². The number of carbonyl (C=O) groups excluding carboxylic acids is 1. The summed E-state index contributed by atoms with van der Waals surface area (Å²) in [6, 6.07) is 0.392. The first-order valence-corrected chi connectivity index (χ1v) is 7.27. The van der Waals surface area contributed by atoms with Crippen molar-refractivity contribution < 1.29 is 4.79 Å². The average Bonchev–Trinajstić information content (AvgIpc) is 3.16. The lowest BCUT2D eigenvalue weighted by atomic mass is 10.2. The van der Waals surface area contributed by atoms with E-state index in [4.69, 9.17) is 0 Å². The molecule has 7 heteroatoms. The molecule has 21 heavy (non-hydrogen) atoms. The number of aromatic nitrogens is 4. The van der Waals surface area contributed by atoms with Crippen molar-refractivity contribution in [3.8, 4) is 0 Å². The average molecular weight is 288 g/mol. The van der Waals surface area contributed by atoms with Crippen molar-refractivity contribution in [3.63, 3.8) is 0 Å². The van der Waals surface area contributed by atoms with E-state index < -0.39 is 0 Å². The summed E-state index contributed by atoms with van der Waals surface area (Å²) in [6.07, 6.45) is 7.73. The molecule has 2 aromatic rings. The Balaban J connectivity index is 1.72. The highest BCUT2D eigenvalue weighted by Crippen LogP contribution is 2.23. The molecule has 0 aromatic carbocycles. The molecule has 0 aliphatic heterocycles. The van der Waals surface area contributed by atoms with Gasteiger partial charge in [0.2, 0.25) is 5.91 Å². The number of nitrogens with one attached hydrogen (secondary N) is 1. The van der Waals surface area contributed by atoms with Gasteiger partial charge in [0, 0.05) is 20.1 Å². The second-order valence-electron chi connectivity index (χ2n) is 5.60. The van der Waals surface area contributed by atoms with Crippen LogP contribution in [0.3, 0.4) is 0 Å². The summed E-state index contributed by atoms with van der Waals surface area (Å²) in [6.45, 7) is 0.304. The van der Waals surface area contributed by atoms with Gasteiger partial charge in [0.15, 0.2) is 11.5 Å². The number of anilines is 1. The largest absolute Gasteiger partial charge is 0.348 e. The van der Waals surface area contributed by atoms with Gasteiger partial charge in [0.25, 0.3) is 0 Å². The second kappa shape index (κ2) is 5.67. The third-order valence-corrected chi connectivity index (χ3v) is 4.20. The van der Waals surface area contributed by atoms with E-state index in [0.29, 0.717) is 24.1 Å². The van der Waals surface area contributed by atoms with E-state index in [2.05, 4.69) is 19.9 Å². The Hall–Kier alpha value is -2.18. The summed E-state index contributed by atoms with van der Waals surface area (Å²) in [5, 5.41) is 0. The Morgan fingerprint density at radius 1 is 1.29 bits per heavy atom. The van der Waals surface area contributed by atoms with E-state index in [1.165, 1.54) is 19.2 Å². The van der Waals surface area contributed by atoms with Gasteiger partial charge in [-0.1, -0.05) is 12.8 Å². The lowest BCUT2D eigenvalue weighted by Crippen LogP contribution is -2.41. The molecule has 0 unspecified atom stereocenters. The minimum Gasteiger partial charge on any atom is -0.348 e. The lowest BCUT2D eigenvalue weighted by Gasteiger charge is -2.27. The SMILES string of the molecule is CN(CC(=O)N(C)C1CCCC1)c1ncnc2nc[nH]c12. The molecule has 1 aliphatic carbocycles. The van der Waals surface area contributed by atoms with E-state index in [1.807, 2.05) is 23.9 Å². The van der Waals surface area contributed by atoms with Crippen molar-refractivity contribution in [2.24, 2.45) is 0 Å². The van der Waals surface area contributed by atoms with Crippen LogP contribution in [0.1, 0.15) is 25.7 Å². The standard InChI is InChI=1S/C14H20N6O/c1-19(7-11(21)20(2)10-5-3-4-6-10)14-12-13(16-8-15-12)17-9-18-14/h8-10H,3-7H2,1-2H3,(H,15,16,17,18). The Labute approximate surface area is 123 Å². The molecule has 1 N–H and O–H groups in total. The van der Waals surface area contributed by atoms with Gasteiger partial charge in [-0.25, -0.2) is 15.0 Å². The van der Waals surface area contributed by atoms with Gasteiger partial charge in [0.05, 0.1) is 12.9 Å². The topological polar surface area (TPSA) is 78.0 Å². The number of nitrogens with zero attached hydrogens (tertiary/aromatic N) is 5. The molecule has 1 fully saturated rings. The molecule has 0 bridgehead atoms. The maximum absolute atomic E-state index is 12.4. The van der Waals surface area contributed by atoms with Crippen LogP contribution in [0, 0.1) is 0 Å². The van der Waals surface area contributed by atoms with E-state index in [0.717, 1.165) is 18.4 Å². The summed E-state index contributed by atoms with van der Waals surface area (Å²) >= 11 is 0. The molecule has 112 valence electrons. The molecule has 2 heterocycles. The zero-order valence-electron chi connectivity index (χ0n) is 12.4. The molecule has 0 saturated heterocycles. The van der Waals surface area contributed by atoms with Crippen LogP contribution in [0.2, 0.25) is 0 Å². The minimum absolute atomic E-state index is 0.121. The molecular formula is C14H20N6O. The molecule has 0 spiro atoms. The van der Waals surface area contributed by atoms with Crippen LogP contribution in [0.25, 0.3) is 11.2 Å². The number of carbonyl (C=O) groups is 1. The van der Waals surface area contributed by atoms with Crippen molar-refractivity contribution in [2.75, 3.05) is 25.5 Å². The first-order chi connectivity index (χ1) is 10.2. The van der Waals surface area contributed by atoms with Crippen molar-refractivity contribution >= 4 is 22.9 Å². The zero-order chi connectivity index (χ0) is 14.8. The lowest BCUT2D eigenvalue weighted by molar-refractivity contribution is -0.130.